The van der Waals surface area contributed by atoms with Gasteiger partial charge in [-0.3, -0.25) is 14.4 Å². The Bertz CT molecular complexity index is 649. The molecule has 0 aliphatic heterocycles. The molecule has 0 radical (unpaired) electrons. The van der Waals surface area contributed by atoms with Crippen LogP contribution in [-0.4, -0.2) is 38.7 Å². The van der Waals surface area contributed by atoms with E-state index in [0.717, 1.165) is 31.3 Å². The summed E-state index contributed by atoms with van der Waals surface area (Å²) >= 11 is 0. The molecule has 6 nitrogen and oxygen atoms in total. The van der Waals surface area contributed by atoms with E-state index in [-0.39, 0.29) is 12.6 Å². The highest BCUT2D eigenvalue weighted by atomic mass is 16.5. The summed E-state index contributed by atoms with van der Waals surface area (Å²) in [5, 5.41) is 0. The van der Waals surface area contributed by atoms with Crippen LogP contribution in [0.5, 0.6) is 0 Å². The number of rotatable bonds is 13. The van der Waals surface area contributed by atoms with Crippen molar-refractivity contribution in [1.29, 1.82) is 0 Å². The summed E-state index contributed by atoms with van der Waals surface area (Å²) in [5.41, 5.74) is 2.32. The van der Waals surface area contributed by atoms with Gasteiger partial charge >= 0.3 is 17.9 Å². The van der Waals surface area contributed by atoms with Crippen molar-refractivity contribution in [2.75, 3.05) is 20.8 Å². The molecule has 0 fully saturated rings. The Balaban J connectivity index is 2.50. The number of esters is 3. The molecule has 0 atom stereocenters. The summed E-state index contributed by atoms with van der Waals surface area (Å²) in [6, 6.07) is 10.4. The van der Waals surface area contributed by atoms with Crippen molar-refractivity contribution in [3.63, 3.8) is 0 Å². The SMILES string of the molecule is COC(=O)C(CCC/C(=C\CCCCc1ccccc1)COC(C)=O)C(=O)OC. The van der Waals surface area contributed by atoms with Crippen LogP contribution < -0.4 is 0 Å². The van der Waals surface area contributed by atoms with E-state index in [1.807, 2.05) is 18.2 Å². The maximum atomic E-state index is 11.8. The Kier molecular flexibility index (Phi) is 12.1. The second-order valence-corrected chi connectivity index (χ2v) is 6.87. The van der Waals surface area contributed by atoms with Crippen LogP contribution in [0, 0.1) is 5.92 Å². The molecule has 1 aromatic carbocycles. The molecule has 0 saturated carbocycles. The lowest BCUT2D eigenvalue weighted by Crippen LogP contribution is -2.26. The van der Waals surface area contributed by atoms with Crippen LogP contribution in [0.15, 0.2) is 42.0 Å². The standard InChI is InChI=1S/C23H32O6/c1-18(24)29-17-20(14-9-5-8-13-19-11-6-4-7-12-19)15-10-16-21(22(25)27-2)23(26)28-3/h4,6-7,11-12,14,21H,5,8-10,13,15-17H2,1-3H3/b20-14+. The summed E-state index contributed by atoms with van der Waals surface area (Å²) in [5.74, 6) is -2.45. The second kappa shape index (κ2) is 14.4. The van der Waals surface area contributed by atoms with Gasteiger partial charge in [0.1, 0.15) is 6.61 Å². The zero-order valence-electron chi connectivity index (χ0n) is 17.6. The number of carbonyl (C=O) groups is 3. The van der Waals surface area contributed by atoms with Gasteiger partial charge in [-0.05, 0) is 56.1 Å². The van der Waals surface area contributed by atoms with Crippen LogP contribution in [0.25, 0.3) is 0 Å². The summed E-state index contributed by atoms with van der Waals surface area (Å²) in [4.78, 5) is 34.7. The van der Waals surface area contributed by atoms with Crippen molar-refractivity contribution < 1.29 is 28.6 Å². The number of carbonyl (C=O) groups excluding carboxylic acids is 3. The van der Waals surface area contributed by atoms with Crippen molar-refractivity contribution in [2.24, 2.45) is 5.92 Å². The number of ether oxygens (including phenoxy) is 3. The molecule has 0 spiro atoms. The molecule has 0 amide bonds. The van der Waals surface area contributed by atoms with Crippen LogP contribution in [0.3, 0.4) is 0 Å². The van der Waals surface area contributed by atoms with Crippen molar-refractivity contribution >= 4 is 17.9 Å². The number of benzene rings is 1. The molecular weight excluding hydrogens is 372 g/mol. The van der Waals surface area contributed by atoms with Crippen LogP contribution in [0.1, 0.15) is 51.0 Å². The molecule has 1 rings (SSSR count). The van der Waals surface area contributed by atoms with E-state index in [2.05, 4.69) is 27.7 Å². The van der Waals surface area contributed by atoms with Crippen LogP contribution in [0.4, 0.5) is 0 Å². The predicted octanol–water partition coefficient (Wildman–Crippen LogP) is 4.02. The van der Waals surface area contributed by atoms with Crippen LogP contribution >= 0.6 is 0 Å². The molecule has 0 N–H and O–H groups in total. The highest BCUT2D eigenvalue weighted by Gasteiger charge is 2.27. The molecule has 0 aliphatic carbocycles. The van der Waals surface area contributed by atoms with E-state index in [1.165, 1.54) is 26.7 Å². The number of hydrogen-bond acceptors (Lipinski definition) is 6. The fourth-order valence-corrected chi connectivity index (χ4v) is 3.00. The zero-order chi connectivity index (χ0) is 21.5. The lowest BCUT2D eigenvalue weighted by molar-refractivity contribution is -0.159. The van der Waals surface area contributed by atoms with Crippen LogP contribution in [0.2, 0.25) is 0 Å². The first kappa shape index (κ1) is 24.4. The van der Waals surface area contributed by atoms with Gasteiger partial charge in [-0.2, -0.15) is 0 Å². The fourth-order valence-electron chi connectivity index (χ4n) is 3.00. The average Bonchev–Trinajstić information content (AvgIpc) is 2.73. The highest BCUT2D eigenvalue weighted by molar-refractivity contribution is 5.94. The van der Waals surface area contributed by atoms with E-state index in [4.69, 9.17) is 4.74 Å². The van der Waals surface area contributed by atoms with Gasteiger partial charge in [-0.15, -0.1) is 0 Å². The van der Waals surface area contributed by atoms with E-state index >= 15 is 0 Å². The maximum absolute atomic E-state index is 11.8. The molecule has 0 aliphatic rings. The topological polar surface area (TPSA) is 78.9 Å². The normalized spacial score (nSPS) is 11.2. The lowest BCUT2D eigenvalue weighted by atomic mass is 9.99. The smallest absolute Gasteiger partial charge is 0.320 e. The molecular formula is C23H32O6. The number of allylic oxidation sites excluding steroid dienone is 1. The summed E-state index contributed by atoms with van der Waals surface area (Å²) in [7, 11) is 2.50. The quantitative estimate of drug-likeness (QED) is 0.162. The molecule has 0 bridgehead atoms. The molecule has 6 heteroatoms. The number of hydrogen-bond donors (Lipinski definition) is 0. The van der Waals surface area contributed by atoms with Gasteiger partial charge in [0.2, 0.25) is 0 Å². The molecule has 0 heterocycles. The Morgan fingerprint density at radius 1 is 0.966 bits per heavy atom. The molecule has 0 aromatic heterocycles. The summed E-state index contributed by atoms with van der Waals surface area (Å²) in [6.45, 7) is 1.61. The van der Waals surface area contributed by atoms with Gasteiger partial charge in [0.15, 0.2) is 5.92 Å². The van der Waals surface area contributed by atoms with Crippen molar-refractivity contribution in [3.05, 3.63) is 47.5 Å². The van der Waals surface area contributed by atoms with Gasteiger partial charge in [0, 0.05) is 6.92 Å². The Morgan fingerprint density at radius 3 is 2.21 bits per heavy atom. The Morgan fingerprint density at radius 2 is 1.62 bits per heavy atom. The minimum atomic E-state index is -0.925. The van der Waals surface area contributed by atoms with E-state index in [1.54, 1.807) is 0 Å². The monoisotopic (exact) mass is 404 g/mol. The Labute approximate surface area is 173 Å². The second-order valence-electron chi connectivity index (χ2n) is 6.87. The number of methoxy groups -OCH3 is 2. The molecule has 29 heavy (non-hydrogen) atoms. The highest BCUT2D eigenvalue weighted by Crippen LogP contribution is 2.17. The maximum Gasteiger partial charge on any atom is 0.320 e. The summed E-state index contributed by atoms with van der Waals surface area (Å²) < 4.78 is 14.5. The van der Waals surface area contributed by atoms with Crippen molar-refractivity contribution in [1.82, 2.24) is 0 Å². The third kappa shape index (κ3) is 10.5. The molecule has 160 valence electrons. The molecule has 0 unspecified atom stereocenters. The average molecular weight is 405 g/mol. The number of aryl methyl sites for hydroxylation is 1. The van der Waals surface area contributed by atoms with Gasteiger partial charge in [-0.25, -0.2) is 0 Å². The van der Waals surface area contributed by atoms with Crippen molar-refractivity contribution in [2.45, 2.75) is 51.9 Å². The first-order chi connectivity index (χ1) is 14.0. The van der Waals surface area contributed by atoms with E-state index in [0.29, 0.717) is 19.3 Å². The lowest BCUT2D eigenvalue weighted by Gasteiger charge is -2.13. The van der Waals surface area contributed by atoms with E-state index in [9.17, 15) is 14.4 Å². The third-order valence-corrected chi connectivity index (χ3v) is 4.62. The van der Waals surface area contributed by atoms with E-state index < -0.39 is 17.9 Å². The predicted molar refractivity (Wildman–Crippen MR) is 110 cm³/mol. The fraction of sp³-hybridized carbons (Fsp3) is 0.522. The third-order valence-electron chi connectivity index (χ3n) is 4.62. The van der Waals surface area contributed by atoms with Gasteiger partial charge in [-0.1, -0.05) is 36.4 Å². The molecule has 1 aromatic rings. The summed E-state index contributed by atoms with van der Waals surface area (Å²) in [6.07, 6.45) is 7.68. The Hall–Kier alpha value is -2.63. The van der Waals surface area contributed by atoms with Gasteiger partial charge in [0.05, 0.1) is 14.2 Å². The number of unbranched alkanes of at least 4 members (excludes halogenated alkanes) is 2. The zero-order valence-corrected chi connectivity index (χ0v) is 17.6. The first-order valence-corrected chi connectivity index (χ1v) is 9.98. The van der Waals surface area contributed by atoms with Gasteiger partial charge in [0.25, 0.3) is 0 Å². The minimum Gasteiger partial charge on any atom is -0.468 e. The first-order valence-electron chi connectivity index (χ1n) is 9.98. The van der Waals surface area contributed by atoms with Crippen molar-refractivity contribution in [3.8, 4) is 0 Å². The van der Waals surface area contributed by atoms with Gasteiger partial charge < -0.3 is 14.2 Å². The minimum absolute atomic E-state index is 0.231. The van der Waals surface area contributed by atoms with Crippen LogP contribution in [-0.2, 0) is 35.0 Å². The molecule has 0 saturated heterocycles. The largest absolute Gasteiger partial charge is 0.468 e.